The normalized spacial score (nSPS) is 16.0. The van der Waals surface area contributed by atoms with Gasteiger partial charge in [0.2, 0.25) is 0 Å². The van der Waals surface area contributed by atoms with Gasteiger partial charge in [0.1, 0.15) is 17.1 Å². The first-order valence-electron chi connectivity index (χ1n) is 7.49. The molecule has 0 N–H and O–H groups in total. The maximum Gasteiger partial charge on any atom is 0.163 e. The predicted octanol–water partition coefficient (Wildman–Crippen LogP) is 4.50. The van der Waals surface area contributed by atoms with Crippen molar-refractivity contribution in [3.63, 3.8) is 0 Å². The standard InChI is InChI=1S/C18H24O3/c1-7-20-16-9-17-14(8-13(16)12(4)19)15(11(2)3)10-18(5,6)21-17/h8-11H,7H2,1-6H3. The highest BCUT2D eigenvalue weighted by Crippen LogP contribution is 2.42. The fraction of sp³-hybridized carbons (Fsp3) is 0.500. The molecule has 1 aromatic carbocycles. The van der Waals surface area contributed by atoms with Gasteiger partial charge in [-0.2, -0.15) is 0 Å². The minimum Gasteiger partial charge on any atom is -0.493 e. The molecule has 0 fully saturated rings. The Morgan fingerprint density at radius 1 is 1.33 bits per heavy atom. The zero-order valence-electron chi connectivity index (χ0n) is 13.7. The molecular formula is C18H24O3. The van der Waals surface area contributed by atoms with Gasteiger partial charge in [-0.05, 0) is 51.3 Å². The van der Waals surface area contributed by atoms with Crippen molar-refractivity contribution in [2.75, 3.05) is 6.61 Å². The fourth-order valence-electron chi connectivity index (χ4n) is 2.66. The molecule has 114 valence electrons. The molecule has 3 heteroatoms. The molecule has 21 heavy (non-hydrogen) atoms. The second-order valence-corrected chi connectivity index (χ2v) is 6.29. The Kier molecular flexibility index (Phi) is 4.13. The van der Waals surface area contributed by atoms with Crippen molar-refractivity contribution in [2.24, 2.45) is 5.92 Å². The SMILES string of the molecule is CCOc1cc2c(cc1C(C)=O)C(C(C)C)=CC(C)(C)O2. The van der Waals surface area contributed by atoms with E-state index in [9.17, 15) is 4.79 Å². The Hall–Kier alpha value is -1.77. The molecule has 1 aliphatic heterocycles. The van der Waals surface area contributed by atoms with Crippen LogP contribution in [0.4, 0.5) is 0 Å². The fourth-order valence-corrected chi connectivity index (χ4v) is 2.66. The lowest BCUT2D eigenvalue weighted by Crippen LogP contribution is -2.30. The van der Waals surface area contributed by atoms with Crippen LogP contribution in [0.1, 0.15) is 57.5 Å². The molecule has 0 saturated carbocycles. The van der Waals surface area contributed by atoms with E-state index in [-0.39, 0.29) is 11.4 Å². The van der Waals surface area contributed by atoms with E-state index in [4.69, 9.17) is 9.47 Å². The average molecular weight is 288 g/mol. The van der Waals surface area contributed by atoms with Crippen molar-refractivity contribution in [1.29, 1.82) is 0 Å². The third kappa shape index (κ3) is 3.12. The molecule has 0 spiro atoms. The van der Waals surface area contributed by atoms with Crippen molar-refractivity contribution >= 4 is 11.4 Å². The Bertz CT molecular complexity index is 595. The number of fused-ring (bicyclic) bond motifs is 1. The predicted molar refractivity (Wildman–Crippen MR) is 85.1 cm³/mol. The van der Waals surface area contributed by atoms with Gasteiger partial charge in [-0.1, -0.05) is 13.8 Å². The number of hydrogen-bond acceptors (Lipinski definition) is 3. The van der Waals surface area contributed by atoms with Gasteiger partial charge in [0.15, 0.2) is 5.78 Å². The lowest BCUT2D eigenvalue weighted by molar-refractivity contribution is 0.101. The average Bonchev–Trinajstić information content (AvgIpc) is 2.35. The van der Waals surface area contributed by atoms with Crippen molar-refractivity contribution in [3.05, 3.63) is 29.3 Å². The van der Waals surface area contributed by atoms with E-state index in [1.165, 1.54) is 5.57 Å². The zero-order valence-corrected chi connectivity index (χ0v) is 13.7. The van der Waals surface area contributed by atoms with E-state index < -0.39 is 0 Å². The van der Waals surface area contributed by atoms with Crippen LogP contribution in [-0.4, -0.2) is 18.0 Å². The van der Waals surface area contributed by atoms with Crippen LogP contribution in [0.25, 0.3) is 5.57 Å². The highest BCUT2D eigenvalue weighted by molar-refractivity contribution is 5.98. The largest absolute Gasteiger partial charge is 0.493 e. The van der Waals surface area contributed by atoms with Gasteiger partial charge in [-0.3, -0.25) is 4.79 Å². The van der Waals surface area contributed by atoms with Gasteiger partial charge < -0.3 is 9.47 Å². The van der Waals surface area contributed by atoms with Gasteiger partial charge in [-0.25, -0.2) is 0 Å². The number of carbonyl (C=O) groups is 1. The van der Waals surface area contributed by atoms with Crippen LogP contribution < -0.4 is 9.47 Å². The molecule has 0 unspecified atom stereocenters. The molecule has 0 aliphatic carbocycles. The minimum absolute atomic E-state index is 0.00851. The molecule has 1 aromatic rings. The number of rotatable bonds is 4. The van der Waals surface area contributed by atoms with E-state index in [1.54, 1.807) is 6.92 Å². The summed E-state index contributed by atoms with van der Waals surface area (Å²) in [6, 6.07) is 3.76. The van der Waals surface area contributed by atoms with Gasteiger partial charge in [0.05, 0.1) is 12.2 Å². The molecule has 0 radical (unpaired) electrons. The number of benzene rings is 1. The molecule has 0 bridgehead atoms. The van der Waals surface area contributed by atoms with Crippen LogP contribution in [0.15, 0.2) is 18.2 Å². The smallest absolute Gasteiger partial charge is 0.163 e. The molecule has 1 heterocycles. The number of Topliss-reactive ketones (excluding diaryl/α,β-unsaturated/α-hetero) is 1. The summed E-state index contributed by atoms with van der Waals surface area (Å²) in [6.07, 6.45) is 2.14. The summed E-state index contributed by atoms with van der Waals surface area (Å²) >= 11 is 0. The van der Waals surface area contributed by atoms with Crippen LogP contribution in [0.5, 0.6) is 11.5 Å². The molecule has 1 aliphatic rings. The maximum atomic E-state index is 11.9. The number of ether oxygens (including phenoxy) is 2. The van der Waals surface area contributed by atoms with Crippen molar-refractivity contribution in [2.45, 2.75) is 47.1 Å². The van der Waals surface area contributed by atoms with Crippen LogP contribution >= 0.6 is 0 Å². The minimum atomic E-state index is -0.353. The van der Waals surface area contributed by atoms with Gasteiger partial charge >= 0.3 is 0 Å². The third-order valence-corrected chi connectivity index (χ3v) is 3.57. The van der Waals surface area contributed by atoms with Crippen molar-refractivity contribution in [3.8, 4) is 11.5 Å². The lowest BCUT2D eigenvalue weighted by Gasteiger charge is -2.33. The van der Waals surface area contributed by atoms with E-state index in [1.807, 2.05) is 32.9 Å². The highest BCUT2D eigenvalue weighted by atomic mass is 16.5. The van der Waals surface area contributed by atoms with Gasteiger partial charge in [0, 0.05) is 11.6 Å². The maximum absolute atomic E-state index is 11.9. The van der Waals surface area contributed by atoms with Crippen LogP contribution in [-0.2, 0) is 0 Å². The Morgan fingerprint density at radius 2 is 2.00 bits per heavy atom. The first-order chi connectivity index (χ1) is 9.75. The summed E-state index contributed by atoms with van der Waals surface area (Å²) in [4.78, 5) is 11.9. The number of ketones is 1. The molecule has 2 rings (SSSR count). The number of hydrogen-bond donors (Lipinski definition) is 0. The topological polar surface area (TPSA) is 35.5 Å². The highest BCUT2D eigenvalue weighted by Gasteiger charge is 2.29. The summed E-state index contributed by atoms with van der Waals surface area (Å²) in [5.41, 5.74) is 2.48. The van der Waals surface area contributed by atoms with Crippen LogP contribution in [0.3, 0.4) is 0 Å². The summed E-state index contributed by atoms with van der Waals surface area (Å²) in [7, 11) is 0. The van der Waals surface area contributed by atoms with E-state index in [2.05, 4.69) is 19.9 Å². The first-order valence-corrected chi connectivity index (χ1v) is 7.49. The lowest BCUT2D eigenvalue weighted by atomic mass is 9.86. The van der Waals surface area contributed by atoms with Gasteiger partial charge in [-0.15, -0.1) is 0 Å². The molecular weight excluding hydrogens is 264 g/mol. The summed E-state index contributed by atoms with van der Waals surface area (Å²) < 4.78 is 11.7. The molecule has 0 amide bonds. The second kappa shape index (κ2) is 5.55. The Labute approximate surface area is 127 Å². The summed E-state index contributed by atoms with van der Waals surface area (Å²) in [5, 5.41) is 0. The molecule has 3 nitrogen and oxygen atoms in total. The molecule has 0 saturated heterocycles. The van der Waals surface area contributed by atoms with Crippen molar-refractivity contribution < 1.29 is 14.3 Å². The number of carbonyl (C=O) groups excluding carboxylic acids is 1. The van der Waals surface area contributed by atoms with E-state index in [0.29, 0.717) is 23.8 Å². The second-order valence-electron chi connectivity index (χ2n) is 6.29. The monoisotopic (exact) mass is 288 g/mol. The van der Waals surface area contributed by atoms with Crippen LogP contribution in [0, 0.1) is 5.92 Å². The van der Waals surface area contributed by atoms with E-state index in [0.717, 1.165) is 11.3 Å². The molecule has 0 aromatic heterocycles. The Balaban J connectivity index is 2.65. The van der Waals surface area contributed by atoms with Crippen LogP contribution in [0.2, 0.25) is 0 Å². The number of allylic oxidation sites excluding steroid dienone is 1. The Morgan fingerprint density at radius 3 is 2.52 bits per heavy atom. The van der Waals surface area contributed by atoms with Gasteiger partial charge in [0.25, 0.3) is 0 Å². The quantitative estimate of drug-likeness (QED) is 0.765. The third-order valence-electron chi connectivity index (χ3n) is 3.57. The zero-order chi connectivity index (χ0) is 15.8. The summed E-state index contributed by atoms with van der Waals surface area (Å²) in [6.45, 7) is 12.4. The first kappa shape index (κ1) is 15.6. The van der Waals surface area contributed by atoms with E-state index >= 15 is 0 Å². The van der Waals surface area contributed by atoms with Crippen molar-refractivity contribution in [1.82, 2.24) is 0 Å². The molecule has 0 atom stereocenters. The summed E-state index contributed by atoms with van der Waals surface area (Å²) in [5.74, 6) is 1.77.